The largest absolute Gasteiger partial charge is 0.323 e. The summed E-state index contributed by atoms with van der Waals surface area (Å²) in [5.74, 6) is 0. The SMILES string of the molecule is CBC(=O)BC. The van der Waals surface area contributed by atoms with E-state index in [1.54, 1.807) is 0 Å². The highest BCUT2D eigenvalue weighted by molar-refractivity contribution is 7.02. The quantitative estimate of drug-likeness (QED) is 0.431. The van der Waals surface area contributed by atoms with Crippen molar-refractivity contribution in [2.24, 2.45) is 0 Å². The van der Waals surface area contributed by atoms with E-state index in [4.69, 9.17) is 0 Å². The van der Waals surface area contributed by atoms with E-state index in [1.165, 1.54) is 0 Å². The number of carbonyl (C=O) groups is 1. The Kier molecular flexibility index (Phi) is 2.91. The molecule has 1 nitrogen and oxygen atoms in total. The van der Waals surface area contributed by atoms with Crippen LogP contribution in [0.4, 0.5) is 4.79 Å². The van der Waals surface area contributed by atoms with Crippen LogP contribution >= 0.6 is 0 Å². The normalized spacial score (nSPS) is 7.00. The summed E-state index contributed by atoms with van der Waals surface area (Å²) in [6, 6.07) is 0. The number of carbonyl (C=O) groups excluding carboxylic acids is 1. The molecule has 0 aromatic carbocycles. The molecular formula is C3H8B2O. The van der Waals surface area contributed by atoms with Crippen molar-refractivity contribution in [3.05, 3.63) is 0 Å². The third-order valence-electron chi connectivity index (χ3n) is 0.789. The van der Waals surface area contributed by atoms with Crippen LogP contribution in [0, 0.1) is 0 Å². The van der Waals surface area contributed by atoms with Crippen molar-refractivity contribution in [3.63, 3.8) is 0 Å². The van der Waals surface area contributed by atoms with Crippen LogP contribution in [-0.2, 0) is 0 Å². The van der Waals surface area contributed by atoms with E-state index in [9.17, 15) is 4.79 Å². The fraction of sp³-hybridized carbons (Fsp3) is 0.667. The minimum absolute atomic E-state index is 0.343. The van der Waals surface area contributed by atoms with Gasteiger partial charge in [0.2, 0.25) is 0 Å². The Bertz CT molecular complexity index is 46.8. The summed E-state index contributed by atoms with van der Waals surface area (Å²) in [5.41, 5.74) is 0.343. The van der Waals surface area contributed by atoms with Crippen LogP contribution in [0.15, 0.2) is 0 Å². The van der Waals surface area contributed by atoms with Gasteiger partial charge in [-0.25, -0.2) is 0 Å². The molecule has 0 aromatic heterocycles. The third-order valence-corrected chi connectivity index (χ3v) is 0.789. The topological polar surface area (TPSA) is 17.1 Å². The molecule has 0 fully saturated rings. The smallest absolute Gasteiger partial charge is 0.188 e. The lowest BCUT2D eigenvalue weighted by Crippen LogP contribution is -2.07. The molecule has 0 atom stereocenters. The van der Waals surface area contributed by atoms with Crippen LogP contribution in [0.1, 0.15) is 0 Å². The fourth-order valence-electron chi connectivity index (χ4n) is 0.250. The van der Waals surface area contributed by atoms with E-state index < -0.39 is 0 Å². The second kappa shape index (κ2) is 3.01. The van der Waals surface area contributed by atoms with Crippen molar-refractivity contribution in [1.29, 1.82) is 0 Å². The zero-order valence-electron chi connectivity index (χ0n) is 4.32. The first kappa shape index (κ1) is 5.80. The van der Waals surface area contributed by atoms with Gasteiger partial charge in [-0.05, 0) is 0 Å². The van der Waals surface area contributed by atoms with Gasteiger partial charge in [-0.3, -0.25) is 0 Å². The first-order valence-electron chi connectivity index (χ1n) is 2.33. The predicted octanol–water partition coefficient (Wildman–Crippen LogP) is 0.0756. The zero-order valence-corrected chi connectivity index (χ0v) is 4.32. The van der Waals surface area contributed by atoms with Crippen LogP contribution in [0.5, 0.6) is 0 Å². The fourth-order valence-corrected chi connectivity index (χ4v) is 0.250. The summed E-state index contributed by atoms with van der Waals surface area (Å²) in [6.45, 7) is 3.76. The Morgan fingerprint density at radius 1 is 1.33 bits per heavy atom. The lowest BCUT2D eigenvalue weighted by molar-refractivity contribution is 0.274. The molecule has 0 rings (SSSR count). The second-order valence-corrected chi connectivity index (χ2v) is 1.25. The van der Waals surface area contributed by atoms with Gasteiger partial charge in [-0.15, -0.1) is 0 Å². The minimum Gasteiger partial charge on any atom is -0.323 e. The molecular weight excluding hydrogens is 73.7 g/mol. The summed E-state index contributed by atoms with van der Waals surface area (Å²) in [4.78, 5) is 10.2. The molecule has 0 heterocycles. The van der Waals surface area contributed by atoms with Gasteiger partial charge in [0.15, 0.2) is 14.6 Å². The molecule has 3 heteroatoms. The van der Waals surface area contributed by atoms with Crippen molar-refractivity contribution in [3.8, 4) is 0 Å². The van der Waals surface area contributed by atoms with Crippen molar-refractivity contribution in [2.75, 3.05) is 0 Å². The standard InChI is InChI=1S/C3H8B2O/c1-4-3(6)5-2/h4-5H,1-2H3. The van der Waals surface area contributed by atoms with Gasteiger partial charge in [-0.2, -0.15) is 0 Å². The molecule has 0 aliphatic carbocycles. The lowest BCUT2D eigenvalue weighted by Gasteiger charge is -1.77. The number of hydrogen-bond donors (Lipinski definition) is 0. The average molecular weight is 81.7 g/mol. The molecule has 0 unspecified atom stereocenters. The molecule has 0 amide bonds. The Balaban J connectivity index is 2.99. The van der Waals surface area contributed by atoms with Crippen molar-refractivity contribution >= 4 is 20.1 Å². The van der Waals surface area contributed by atoms with E-state index in [0.717, 1.165) is 0 Å². The van der Waals surface area contributed by atoms with Gasteiger partial charge < -0.3 is 4.79 Å². The molecule has 0 N–H and O–H groups in total. The molecule has 32 valence electrons. The monoisotopic (exact) mass is 82.1 g/mol. The van der Waals surface area contributed by atoms with Crippen LogP contribution in [0.25, 0.3) is 0 Å². The highest BCUT2D eigenvalue weighted by atomic mass is 16.1. The van der Waals surface area contributed by atoms with E-state index in [-0.39, 0.29) is 0 Å². The molecule has 0 bridgehead atoms. The number of rotatable bonds is 2. The van der Waals surface area contributed by atoms with Crippen molar-refractivity contribution in [2.45, 2.75) is 13.6 Å². The molecule has 6 heavy (non-hydrogen) atoms. The molecule has 0 aliphatic heterocycles. The second-order valence-electron chi connectivity index (χ2n) is 1.25. The van der Waals surface area contributed by atoms with E-state index in [1.807, 2.05) is 13.6 Å². The maximum absolute atomic E-state index is 10.2. The summed E-state index contributed by atoms with van der Waals surface area (Å²) in [6.07, 6.45) is 0. The Morgan fingerprint density at radius 3 is 1.67 bits per heavy atom. The van der Waals surface area contributed by atoms with Crippen LogP contribution in [0.2, 0.25) is 13.6 Å². The van der Waals surface area contributed by atoms with Crippen molar-refractivity contribution in [1.82, 2.24) is 0 Å². The average Bonchev–Trinajstić information content (AvgIpc) is 1.65. The highest BCUT2D eigenvalue weighted by Gasteiger charge is 1.91. The molecule has 0 saturated heterocycles. The van der Waals surface area contributed by atoms with Gasteiger partial charge in [0.1, 0.15) is 0 Å². The summed E-state index contributed by atoms with van der Waals surface area (Å²) in [7, 11) is 1.38. The minimum atomic E-state index is 0.343. The predicted molar refractivity (Wildman–Crippen MR) is 31.4 cm³/mol. The summed E-state index contributed by atoms with van der Waals surface area (Å²) in [5, 5.41) is 0. The first-order chi connectivity index (χ1) is 2.81. The Labute approximate surface area is 39.6 Å². The highest BCUT2D eigenvalue weighted by Crippen LogP contribution is 1.65. The van der Waals surface area contributed by atoms with Gasteiger partial charge in [0.05, 0.1) is 0 Å². The molecule has 0 saturated carbocycles. The summed E-state index contributed by atoms with van der Waals surface area (Å²) < 4.78 is 0. The molecule has 0 radical (unpaired) electrons. The molecule has 0 aromatic rings. The van der Waals surface area contributed by atoms with E-state index in [2.05, 4.69) is 0 Å². The Hall–Kier alpha value is -0.200. The first-order valence-corrected chi connectivity index (χ1v) is 2.33. The number of hydrogen-bond acceptors (Lipinski definition) is 1. The maximum Gasteiger partial charge on any atom is 0.188 e. The van der Waals surface area contributed by atoms with E-state index in [0.29, 0.717) is 20.1 Å². The van der Waals surface area contributed by atoms with Gasteiger partial charge in [0, 0.05) is 5.58 Å². The zero-order chi connectivity index (χ0) is 4.99. The maximum atomic E-state index is 10.2. The van der Waals surface area contributed by atoms with E-state index >= 15 is 0 Å². The van der Waals surface area contributed by atoms with Gasteiger partial charge in [0.25, 0.3) is 0 Å². The summed E-state index contributed by atoms with van der Waals surface area (Å²) >= 11 is 0. The van der Waals surface area contributed by atoms with Crippen LogP contribution in [0.3, 0.4) is 0 Å². The van der Waals surface area contributed by atoms with Gasteiger partial charge >= 0.3 is 0 Å². The van der Waals surface area contributed by atoms with Crippen LogP contribution < -0.4 is 0 Å². The molecule has 0 spiro atoms. The van der Waals surface area contributed by atoms with Crippen molar-refractivity contribution < 1.29 is 4.79 Å². The molecule has 0 aliphatic rings. The van der Waals surface area contributed by atoms with Gasteiger partial charge in [-0.1, -0.05) is 13.6 Å². The van der Waals surface area contributed by atoms with Crippen LogP contribution in [-0.4, -0.2) is 20.1 Å². The third kappa shape index (κ3) is 2.06. The lowest BCUT2D eigenvalue weighted by atomic mass is 9.56. The Morgan fingerprint density at radius 2 is 1.67 bits per heavy atom.